The molecule has 0 amide bonds. The largest absolute Gasteiger partial charge is 0.314 e. The predicted octanol–water partition coefficient (Wildman–Crippen LogP) is 1.70. The molecule has 0 aromatic heterocycles. The van der Waals surface area contributed by atoms with Crippen molar-refractivity contribution in [3.8, 4) is 0 Å². The minimum absolute atomic E-state index is 0.779. The molecule has 0 radical (unpaired) electrons. The van der Waals surface area contributed by atoms with E-state index in [1.54, 1.807) is 0 Å². The van der Waals surface area contributed by atoms with Gasteiger partial charge in [-0.2, -0.15) is 0 Å². The van der Waals surface area contributed by atoms with Crippen LogP contribution in [-0.4, -0.2) is 12.6 Å². The van der Waals surface area contributed by atoms with E-state index in [1.807, 2.05) is 0 Å². The number of hydrogen-bond acceptors (Lipinski definition) is 1. The lowest BCUT2D eigenvalue weighted by Gasteiger charge is -2.03. The second-order valence-electron chi connectivity index (χ2n) is 2.60. The van der Waals surface area contributed by atoms with Crippen LogP contribution < -0.4 is 5.32 Å². The van der Waals surface area contributed by atoms with E-state index >= 15 is 0 Å². The van der Waals surface area contributed by atoms with Gasteiger partial charge in [0, 0.05) is 6.04 Å². The van der Waals surface area contributed by atoms with E-state index in [2.05, 4.69) is 24.4 Å². The van der Waals surface area contributed by atoms with Gasteiger partial charge in [0.25, 0.3) is 0 Å². The van der Waals surface area contributed by atoms with Gasteiger partial charge in [0.1, 0.15) is 0 Å². The van der Waals surface area contributed by atoms with E-state index in [9.17, 15) is 0 Å². The molecule has 1 N–H and O–H groups in total. The third kappa shape index (κ3) is 2.19. The molecule has 52 valence electrons. The summed E-state index contributed by atoms with van der Waals surface area (Å²) in [6, 6.07) is 0.779. The van der Waals surface area contributed by atoms with Crippen LogP contribution in [-0.2, 0) is 0 Å². The van der Waals surface area contributed by atoms with Gasteiger partial charge in [0.05, 0.1) is 0 Å². The standard InChI is InChI=1S/C8H15N/c1-2-3-5-8-6-4-7-9-8/h2-3,8-9H,4-7H2,1H3. The molecule has 0 aliphatic carbocycles. The lowest BCUT2D eigenvalue weighted by atomic mass is 10.1. The molecule has 1 aliphatic heterocycles. The van der Waals surface area contributed by atoms with Crippen LogP contribution in [0.25, 0.3) is 0 Å². The highest BCUT2D eigenvalue weighted by Gasteiger charge is 2.10. The van der Waals surface area contributed by atoms with Crippen molar-refractivity contribution in [1.29, 1.82) is 0 Å². The molecule has 1 rings (SSSR count). The molecule has 1 heteroatoms. The van der Waals surface area contributed by atoms with Crippen molar-refractivity contribution in [3.63, 3.8) is 0 Å². The van der Waals surface area contributed by atoms with Gasteiger partial charge < -0.3 is 5.32 Å². The zero-order valence-corrected chi connectivity index (χ0v) is 6.06. The molecule has 1 nitrogen and oxygen atoms in total. The van der Waals surface area contributed by atoms with Crippen LogP contribution in [0.2, 0.25) is 0 Å². The third-order valence-electron chi connectivity index (χ3n) is 1.82. The Kier molecular flexibility index (Phi) is 2.78. The Labute approximate surface area is 57.1 Å². The van der Waals surface area contributed by atoms with Gasteiger partial charge in [-0.3, -0.25) is 0 Å². The summed E-state index contributed by atoms with van der Waals surface area (Å²) in [4.78, 5) is 0. The van der Waals surface area contributed by atoms with Crippen molar-refractivity contribution in [2.45, 2.75) is 32.2 Å². The lowest BCUT2D eigenvalue weighted by Crippen LogP contribution is -2.19. The van der Waals surface area contributed by atoms with Gasteiger partial charge >= 0.3 is 0 Å². The summed E-state index contributed by atoms with van der Waals surface area (Å²) in [7, 11) is 0. The molecule has 0 aromatic rings. The number of rotatable bonds is 2. The Morgan fingerprint density at radius 2 is 2.56 bits per heavy atom. The Morgan fingerprint density at radius 3 is 3.11 bits per heavy atom. The Morgan fingerprint density at radius 1 is 1.67 bits per heavy atom. The Balaban J connectivity index is 2.11. The molecule has 1 atom stereocenters. The molecule has 0 saturated carbocycles. The molecule has 1 heterocycles. The Hall–Kier alpha value is -0.300. The molecule has 0 aromatic carbocycles. The smallest absolute Gasteiger partial charge is 0.0102 e. The molecule has 1 aliphatic rings. The summed E-state index contributed by atoms with van der Waals surface area (Å²) in [6.07, 6.45) is 8.31. The molecular weight excluding hydrogens is 110 g/mol. The van der Waals surface area contributed by atoms with Crippen LogP contribution in [0.1, 0.15) is 26.2 Å². The fourth-order valence-electron chi connectivity index (χ4n) is 1.26. The minimum Gasteiger partial charge on any atom is -0.314 e. The number of allylic oxidation sites excluding steroid dienone is 1. The van der Waals surface area contributed by atoms with Gasteiger partial charge in [-0.15, -0.1) is 0 Å². The zero-order valence-electron chi connectivity index (χ0n) is 6.06. The van der Waals surface area contributed by atoms with Crippen LogP contribution in [0.5, 0.6) is 0 Å². The third-order valence-corrected chi connectivity index (χ3v) is 1.82. The maximum Gasteiger partial charge on any atom is 0.0102 e. The number of nitrogens with one attached hydrogen (secondary N) is 1. The summed E-state index contributed by atoms with van der Waals surface area (Å²) in [6.45, 7) is 3.30. The van der Waals surface area contributed by atoms with Crippen LogP contribution in [0.4, 0.5) is 0 Å². The first-order valence-corrected chi connectivity index (χ1v) is 3.78. The van der Waals surface area contributed by atoms with Crippen LogP contribution in [0.15, 0.2) is 12.2 Å². The highest BCUT2D eigenvalue weighted by molar-refractivity contribution is 4.85. The first kappa shape index (κ1) is 6.81. The molecule has 1 saturated heterocycles. The van der Waals surface area contributed by atoms with Crippen molar-refractivity contribution < 1.29 is 0 Å². The quantitative estimate of drug-likeness (QED) is 0.554. The van der Waals surface area contributed by atoms with Gasteiger partial charge in [0.15, 0.2) is 0 Å². The Bertz CT molecular complexity index is 90.7. The van der Waals surface area contributed by atoms with Crippen molar-refractivity contribution in [2.24, 2.45) is 0 Å². The SMILES string of the molecule is CC=CCC1CCCN1. The first-order valence-electron chi connectivity index (χ1n) is 3.78. The van der Waals surface area contributed by atoms with Crippen molar-refractivity contribution >= 4 is 0 Å². The summed E-state index contributed by atoms with van der Waals surface area (Å²) >= 11 is 0. The highest BCUT2D eigenvalue weighted by atomic mass is 14.9. The lowest BCUT2D eigenvalue weighted by molar-refractivity contribution is 0.614. The van der Waals surface area contributed by atoms with Gasteiger partial charge in [0.2, 0.25) is 0 Å². The summed E-state index contributed by atoms with van der Waals surface area (Å²) in [5.74, 6) is 0. The molecule has 0 bridgehead atoms. The number of hydrogen-bond donors (Lipinski definition) is 1. The van der Waals surface area contributed by atoms with Gasteiger partial charge in [-0.05, 0) is 32.7 Å². The van der Waals surface area contributed by atoms with Crippen molar-refractivity contribution in [3.05, 3.63) is 12.2 Å². The van der Waals surface area contributed by atoms with Crippen molar-refractivity contribution in [2.75, 3.05) is 6.54 Å². The average Bonchev–Trinajstić information content (AvgIpc) is 2.34. The molecular formula is C8H15N. The first-order chi connectivity index (χ1) is 4.43. The van der Waals surface area contributed by atoms with Crippen molar-refractivity contribution in [1.82, 2.24) is 5.32 Å². The van der Waals surface area contributed by atoms with E-state index in [0.717, 1.165) is 6.04 Å². The van der Waals surface area contributed by atoms with E-state index in [-0.39, 0.29) is 0 Å². The fourth-order valence-corrected chi connectivity index (χ4v) is 1.26. The van der Waals surface area contributed by atoms with E-state index in [1.165, 1.54) is 25.8 Å². The van der Waals surface area contributed by atoms with E-state index in [4.69, 9.17) is 0 Å². The molecule has 0 spiro atoms. The van der Waals surface area contributed by atoms with Gasteiger partial charge in [-0.25, -0.2) is 0 Å². The average molecular weight is 125 g/mol. The molecule has 9 heavy (non-hydrogen) atoms. The summed E-state index contributed by atoms with van der Waals surface area (Å²) < 4.78 is 0. The fraction of sp³-hybridized carbons (Fsp3) is 0.750. The highest BCUT2D eigenvalue weighted by Crippen LogP contribution is 2.08. The maximum atomic E-state index is 3.44. The summed E-state index contributed by atoms with van der Waals surface area (Å²) in [5, 5.41) is 3.44. The van der Waals surface area contributed by atoms with E-state index in [0.29, 0.717) is 0 Å². The van der Waals surface area contributed by atoms with Crippen LogP contribution >= 0.6 is 0 Å². The van der Waals surface area contributed by atoms with E-state index < -0.39 is 0 Å². The monoisotopic (exact) mass is 125 g/mol. The minimum atomic E-state index is 0.779. The maximum absolute atomic E-state index is 3.44. The predicted molar refractivity (Wildman–Crippen MR) is 40.5 cm³/mol. The second kappa shape index (κ2) is 3.67. The van der Waals surface area contributed by atoms with Crippen LogP contribution in [0.3, 0.4) is 0 Å². The normalized spacial score (nSPS) is 27.9. The topological polar surface area (TPSA) is 12.0 Å². The molecule has 1 unspecified atom stereocenters. The molecule has 1 fully saturated rings. The van der Waals surface area contributed by atoms with Crippen LogP contribution in [0, 0.1) is 0 Å². The second-order valence-corrected chi connectivity index (χ2v) is 2.60. The van der Waals surface area contributed by atoms with Gasteiger partial charge in [-0.1, -0.05) is 12.2 Å². The zero-order chi connectivity index (χ0) is 6.53. The summed E-state index contributed by atoms with van der Waals surface area (Å²) in [5.41, 5.74) is 0.